The minimum absolute atomic E-state index is 0.0345. The number of hydrogen-bond donors (Lipinski definition) is 2. The molecule has 0 aromatic rings. The maximum atomic E-state index is 11.9. The van der Waals surface area contributed by atoms with Crippen molar-refractivity contribution in [3.8, 4) is 0 Å². The van der Waals surface area contributed by atoms with Gasteiger partial charge in [0.1, 0.15) is 12.1 Å². The molecule has 6 heteroatoms. The van der Waals surface area contributed by atoms with Gasteiger partial charge in [-0.2, -0.15) is 0 Å². The van der Waals surface area contributed by atoms with Gasteiger partial charge in [0.05, 0.1) is 12.7 Å². The number of hydrogen-bond acceptors (Lipinski definition) is 4. The summed E-state index contributed by atoms with van der Waals surface area (Å²) in [6.07, 6.45) is 6.18. The lowest BCUT2D eigenvalue weighted by atomic mass is 10.1. The highest BCUT2D eigenvalue weighted by Gasteiger charge is 2.23. The number of carboxylic acids is 1. The second kappa shape index (κ2) is 9.52. The number of allylic oxidation sites excluding steroid dienone is 1. The van der Waals surface area contributed by atoms with Crippen LogP contribution in [0.1, 0.15) is 39.5 Å². The predicted molar refractivity (Wildman–Crippen MR) is 78.0 cm³/mol. The van der Waals surface area contributed by atoms with Gasteiger partial charge in [0.15, 0.2) is 0 Å². The van der Waals surface area contributed by atoms with Crippen LogP contribution in [0.15, 0.2) is 12.2 Å². The van der Waals surface area contributed by atoms with Crippen LogP contribution < -0.4 is 5.32 Å². The van der Waals surface area contributed by atoms with Crippen LogP contribution in [0.25, 0.3) is 0 Å². The van der Waals surface area contributed by atoms with Gasteiger partial charge in [-0.3, -0.25) is 4.79 Å². The number of nitrogens with one attached hydrogen (secondary N) is 1. The molecule has 0 aromatic heterocycles. The van der Waals surface area contributed by atoms with E-state index in [0.29, 0.717) is 6.61 Å². The third-order valence-corrected chi connectivity index (χ3v) is 3.40. The molecule has 3 unspecified atom stereocenters. The highest BCUT2D eigenvalue weighted by molar-refractivity contribution is 5.86. The van der Waals surface area contributed by atoms with Gasteiger partial charge in [-0.25, -0.2) is 4.79 Å². The quantitative estimate of drug-likeness (QED) is 0.663. The average Bonchev–Trinajstić information content (AvgIpc) is 2.49. The topological polar surface area (TPSA) is 84.9 Å². The summed E-state index contributed by atoms with van der Waals surface area (Å²) in [5, 5.41) is 11.5. The average molecular weight is 299 g/mol. The van der Waals surface area contributed by atoms with Gasteiger partial charge in [0.25, 0.3) is 0 Å². The molecule has 21 heavy (non-hydrogen) atoms. The van der Waals surface area contributed by atoms with Gasteiger partial charge in [-0.1, -0.05) is 12.2 Å². The number of carbonyl (C=O) groups excluding carboxylic acids is 1. The molecule has 0 spiro atoms. The fraction of sp³-hybridized carbons (Fsp3) is 0.733. The van der Waals surface area contributed by atoms with Crippen molar-refractivity contribution in [2.75, 3.05) is 13.2 Å². The summed E-state index contributed by atoms with van der Waals surface area (Å²) in [6.45, 7) is 4.52. The maximum absolute atomic E-state index is 11.9. The molecule has 3 atom stereocenters. The van der Waals surface area contributed by atoms with Gasteiger partial charge in [0, 0.05) is 6.61 Å². The molecule has 1 saturated heterocycles. The highest BCUT2D eigenvalue weighted by Crippen LogP contribution is 2.13. The van der Waals surface area contributed by atoms with Crippen molar-refractivity contribution >= 4 is 11.9 Å². The Bertz CT molecular complexity index is 363. The largest absolute Gasteiger partial charge is 0.480 e. The van der Waals surface area contributed by atoms with Crippen molar-refractivity contribution in [2.24, 2.45) is 0 Å². The van der Waals surface area contributed by atoms with Gasteiger partial charge >= 0.3 is 5.97 Å². The number of carbonyl (C=O) groups is 2. The van der Waals surface area contributed by atoms with E-state index in [4.69, 9.17) is 14.6 Å². The van der Waals surface area contributed by atoms with Gasteiger partial charge in [-0.15, -0.1) is 0 Å². The van der Waals surface area contributed by atoms with Crippen LogP contribution in [0.5, 0.6) is 0 Å². The van der Waals surface area contributed by atoms with E-state index in [9.17, 15) is 9.59 Å². The van der Waals surface area contributed by atoms with Crippen LogP contribution in [-0.4, -0.2) is 48.4 Å². The van der Waals surface area contributed by atoms with Gasteiger partial charge in [0.2, 0.25) is 5.91 Å². The lowest BCUT2D eigenvalue weighted by Crippen LogP contribution is -2.45. The van der Waals surface area contributed by atoms with E-state index in [2.05, 4.69) is 5.32 Å². The molecule has 1 heterocycles. The summed E-state index contributed by atoms with van der Waals surface area (Å²) < 4.78 is 11.0. The number of amides is 1. The van der Waals surface area contributed by atoms with E-state index in [-0.39, 0.29) is 12.5 Å². The van der Waals surface area contributed by atoms with Crippen molar-refractivity contribution in [3.63, 3.8) is 0 Å². The predicted octanol–water partition coefficient (Wildman–Crippen LogP) is 1.50. The zero-order valence-electron chi connectivity index (χ0n) is 12.7. The van der Waals surface area contributed by atoms with Gasteiger partial charge in [-0.05, 0) is 39.5 Å². The van der Waals surface area contributed by atoms with E-state index < -0.39 is 24.0 Å². The second-order valence-electron chi connectivity index (χ2n) is 5.17. The first-order valence-electron chi connectivity index (χ1n) is 7.42. The Kier molecular flexibility index (Phi) is 8.00. The highest BCUT2D eigenvalue weighted by atomic mass is 16.5. The maximum Gasteiger partial charge on any atom is 0.326 e. The molecule has 1 amide bonds. The Labute approximate surface area is 125 Å². The van der Waals surface area contributed by atoms with E-state index in [1.165, 1.54) is 0 Å². The van der Waals surface area contributed by atoms with Crippen molar-refractivity contribution in [1.82, 2.24) is 5.32 Å². The molecule has 0 radical (unpaired) electrons. The fourth-order valence-corrected chi connectivity index (χ4v) is 2.05. The molecular formula is C15H25NO5. The van der Waals surface area contributed by atoms with Crippen molar-refractivity contribution in [2.45, 2.75) is 57.8 Å². The molecule has 1 aliphatic rings. The lowest BCUT2D eigenvalue weighted by molar-refractivity contribution is -0.145. The Morgan fingerprint density at radius 1 is 1.48 bits per heavy atom. The summed E-state index contributed by atoms with van der Waals surface area (Å²) >= 11 is 0. The minimum atomic E-state index is -1.05. The molecular weight excluding hydrogens is 274 g/mol. The number of ether oxygens (including phenoxy) is 2. The normalized spacial score (nSPS) is 21.9. The number of aliphatic carboxylic acids is 1. The standard InChI is InChI=1S/C15H25NO5/c1-3-4-8-13(15(18)19)16-14(17)11(2)21-10-12-7-5-6-9-20-12/h3-4,11-13H,5-10H2,1-2H3,(H,16,17)(H,18,19)/b4-3+. The molecule has 1 fully saturated rings. The van der Waals surface area contributed by atoms with Crippen molar-refractivity contribution in [1.29, 1.82) is 0 Å². The molecule has 6 nitrogen and oxygen atoms in total. The lowest BCUT2D eigenvalue weighted by Gasteiger charge is -2.24. The van der Waals surface area contributed by atoms with Crippen LogP contribution in [0, 0.1) is 0 Å². The molecule has 0 bridgehead atoms. The molecule has 0 saturated carbocycles. The third-order valence-electron chi connectivity index (χ3n) is 3.40. The molecule has 0 aromatic carbocycles. The summed E-state index contributed by atoms with van der Waals surface area (Å²) in [7, 11) is 0. The Hall–Kier alpha value is -1.40. The summed E-state index contributed by atoms with van der Waals surface area (Å²) in [6, 6.07) is -0.925. The van der Waals surface area contributed by atoms with E-state index in [1.54, 1.807) is 26.0 Å². The van der Waals surface area contributed by atoms with Gasteiger partial charge < -0.3 is 19.9 Å². The zero-order chi connectivity index (χ0) is 15.7. The molecule has 1 aliphatic heterocycles. The molecule has 0 aliphatic carbocycles. The minimum Gasteiger partial charge on any atom is -0.480 e. The SMILES string of the molecule is C/C=C/CC(NC(=O)C(C)OCC1CCCCO1)C(=O)O. The zero-order valence-corrected chi connectivity index (χ0v) is 12.7. The summed E-state index contributed by atoms with van der Waals surface area (Å²) in [4.78, 5) is 23.0. The number of carboxylic acid groups (broad SMARTS) is 1. The fourth-order valence-electron chi connectivity index (χ4n) is 2.05. The van der Waals surface area contributed by atoms with Crippen LogP contribution in [-0.2, 0) is 19.1 Å². The molecule has 1 rings (SSSR count). The summed E-state index contributed by atoms with van der Waals surface area (Å²) in [5.74, 6) is -1.47. The Morgan fingerprint density at radius 2 is 2.24 bits per heavy atom. The first-order valence-corrected chi connectivity index (χ1v) is 7.42. The Balaban J connectivity index is 2.35. The van der Waals surface area contributed by atoms with Crippen LogP contribution >= 0.6 is 0 Å². The van der Waals surface area contributed by atoms with E-state index in [0.717, 1.165) is 25.9 Å². The molecule has 2 N–H and O–H groups in total. The third kappa shape index (κ3) is 6.73. The first-order chi connectivity index (χ1) is 10.0. The monoisotopic (exact) mass is 299 g/mol. The van der Waals surface area contributed by atoms with E-state index in [1.807, 2.05) is 0 Å². The van der Waals surface area contributed by atoms with Crippen LogP contribution in [0.4, 0.5) is 0 Å². The van der Waals surface area contributed by atoms with Crippen LogP contribution in [0.2, 0.25) is 0 Å². The number of rotatable bonds is 8. The van der Waals surface area contributed by atoms with E-state index >= 15 is 0 Å². The van der Waals surface area contributed by atoms with Crippen LogP contribution in [0.3, 0.4) is 0 Å². The first kappa shape index (κ1) is 17.7. The van der Waals surface area contributed by atoms with Crippen molar-refractivity contribution < 1.29 is 24.2 Å². The molecule has 120 valence electrons. The smallest absolute Gasteiger partial charge is 0.326 e. The van der Waals surface area contributed by atoms with Crippen molar-refractivity contribution in [3.05, 3.63) is 12.2 Å². The Morgan fingerprint density at radius 3 is 2.81 bits per heavy atom. The summed E-state index contributed by atoms with van der Waals surface area (Å²) in [5.41, 5.74) is 0. The second-order valence-corrected chi connectivity index (χ2v) is 5.17.